The number of aryl methyl sites for hydroxylation is 3. The highest BCUT2D eigenvalue weighted by atomic mass is 16.2. The molecule has 0 aliphatic heterocycles. The molecule has 7 aromatic rings. The molecule has 13 rings (SSSR count). The molecule has 0 amide bonds. The molecular weight excluding hydrogens is 877 g/mol. The zero-order chi connectivity index (χ0) is 48.1. The lowest BCUT2D eigenvalue weighted by molar-refractivity contribution is 1.45. The molecular formula is C57H24O12. The second kappa shape index (κ2) is 12.9. The molecule has 12 heteroatoms. The first-order chi connectivity index (χ1) is 32.9. The van der Waals surface area contributed by atoms with Crippen molar-refractivity contribution in [3.63, 3.8) is 0 Å². The van der Waals surface area contributed by atoms with Gasteiger partial charge >= 0.3 is 0 Å². The van der Waals surface area contributed by atoms with Crippen molar-refractivity contribution in [1.82, 2.24) is 0 Å². The van der Waals surface area contributed by atoms with Gasteiger partial charge in [-0.3, -0.25) is 57.5 Å². The molecule has 324 valence electrons. The van der Waals surface area contributed by atoms with Crippen molar-refractivity contribution in [2.24, 2.45) is 0 Å². The third kappa shape index (κ3) is 4.95. The average molecular weight is 901 g/mol. The van der Waals surface area contributed by atoms with Gasteiger partial charge in [0.1, 0.15) is 0 Å². The molecule has 0 spiro atoms. The fraction of sp³-hybridized carbons (Fsp3) is 0.0526. The van der Waals surface area contributed by atoms with Crippen molar-refractivity contribution >= 4 is 64.6 Å². The minimum atomic E-state index is -0.930. The summed E-state index contributed by atoms with van der Waals surface area (Å²) in [5, 5.41) is -0.937. The van der Waals surface area contributed by atoms with E-state index in [1.165, 1.54) is 72.8 Å². The monoisotopic (exact) mass is 900 g/mol. The zero-order valence-corrected chi connectivity index (χ0v) is 36.1. The Morgan fingerprint density at radius 1 is 0.174 bits per heavy atom. The maximum Gasteiger partial charge on any atom is 0.234 e. The maximum atomic E-state index is 14.0. The van der Waals surface area contributed by atoms with Gasteiger partial charge in [-0.1, -0.05) is 0 Å². The third-order valence-corrected chi connectivity index (χ3v) is 14.1. The van der Waals surface area contributed by atoms with Gasteiger partial charge in [-0.2, -0.15) is 0 Å². The van der Waals surface area contributed by atoms with Gasteiger partial charge in [0.2, 0.25) is 65.1 Å². The smallest absolute Gasteiger partial charge is 0.234 e. The van der Waals surface area contributed by atoms with Gasteiger partial charge in [-0.25, -0.2) is 0 Å². The summed E-state index contributed by atoms with van der Waals surface area (Å²) in [6.07, 6.45) is 0. The van der Waals surface area contributed by atoms with Crippen LogP contribution in [0, 0.1) is 20.8 Å². The zero-order valence-electron chi connectivity index (χ0n) is 36.1. The van der Waals surface area contributed by atoms with Crippen molar-refractivity contribution in [2.75, 3.05) is 0 Å². The van der Waals surface area contributed by atoms with E-state index in [0.29, 0.717) is 16.7 Å². The van der Waals surface area contributed by atoms with Crippen LogP contribution in [0.1, 0.15) is 16.7 Å². The average Bonchev–Trinajstić information content (AvgIpc) is 3.34. The van der Waals surface area contributed by atoms with Crippen LogP contribution in [-0.4, -0.2) is 0 Å². The Kier molecular flexibility index (Phi) is 7.48. The van der Waals surface area contributed by atoms with E-state index in [1.54, 1.807) is 39.0 Å². The summed E-state index contributed by atoms with van der Waals surface area (Å²) >= 11 is 0. The Balaban J connectivity index is 1.17. The minimum Gasteiger partial charge on any atom is -0.285 e. The summed E-state index contributed by atoms with van der Waals surface area (Å²) < 4.78 is 0. The Bertz CT molecular complexity index is 4390. The third-order valence-electron chi connectivity index (χ3n) is 14.1. The summed E-state index contributed by atoms with van der Waals surface area (Å²) in [6, 6.07) is 22.0. The summed E-state index contributed by atoms with van der Waals surface area (Å²) in [5.74, 6) is 0. The number of hydrogen-bond donors (Lipinski definition) is 0. The lowest BCUT2D eigenvalue weighted by atomic mass is 9.82. The van der Waals surface area contributed by atoms with E-state index >= 15 is 0 Å². The molecule has 0 atom stereocenters. The second-order valence-electron chi connectivity index (χ2n) is 18.3. The standard InChI is InChI=1S/C57H24O12/c1-19-4-28-40-29(5-19)47(59)53(65)35-14-25(13-34(43(35)40)52(64)46(28)58)22-10-23(26-15-36-44-37(16-26)55(67)49(61)31-7-20(2)6-30(41(31)44)48(60)54(36)66)12-24(11-22)27-17-38-45-39(18-27)57(69)51(63)33-9-21(3)8-32(42(33)45)50(62)56(38)68/h4-18H,1-3H3. The first-order valence-electron chi connectivity index (χ1n) is 21.6. The van der Waals surface area contributed by atoms with Gasteiger partial charge in [0, 0.05) is 98.0 Å². The van der Waals surface area contributed by atoms with E-state index in [0.717, 1.165) is 0 Å². The number of hydrogen-bond acceptors (Lipinski definition) is 12. The molecule has 6 aliphatic carbocycles. The Morgan fingerprint density at radius 3 is 0.435 bits per heavy atom. The SMILES string of the molecule is Cc1cc2c3c(c1)c(=O)c(=O)c1cc(-c4cc(-c5cc6c7c(c5)c(=O)c(=O)c5cc(C)cc(c5-7)c(=O)c6=O)cc(-c5cc6c7c(c5)c(=O)c(=O)c5cc(C)cc(c5-7)c(=O)c6=O)c4)cc(c1-3)c(=O)c2=O. The highest BCUT2D eigenvalue weighted by molar-refractivity contribution is 6.16. The van der Waals surface area contributed by atoms with E-state index in [4.69, 9.17) is 0 Å². The molecule has 0 aromatic heterocycles. The van der Waals surface area contributed by atoms with Crippen LogP contribution in [0.2, 0.25) is 0 Å². The van der Waals surface area contributed by atoms with Crippen LogP contribution >= 0.6 is 0 Å². The van der Waals surface area contributed by atoms with Crippen LogP contribution in [0.3, 0.4) is 0 Å². The van der Waals surface area contributed by atoms with Crippen molar-refractivity contribution in [1.29, 1.82) is 0 Å². The Hall–Kier alpha value is -9.42. The van der Waals surface area contributed by atoms with Crippen molar-refractivity contribution in [3.05, 3.63) is 230 Å². The van der Waals surface area contributed by atoms with Gasteiger partial charge < -0.3 is 0 Å². The predicted molar refractivity (Wildman–Crippen MR) is 268 cm³/mol. The number of benzene rings is 13. The van der Waals surface area contributed by atoms with Crippen LogP contribution in [0.5, 0.6) is 0 Å². The van der Waals surface area contributed by atoms with Gasteiger partial charge in [-0.05, 0) is 162 Å². The molecule has 0 fully saturated rings. The summed E-state index contributed by atoms with van der Waals surface area (Å²) in [5.41, 5.74) is -7.44. The molecule has 0 bridgehead atoms. The molecule has 0 heterocycles. The normalized spacial score (nSPS) is 12.4. The van der Waals surface area contributed by atoms with Crippen molar-refractivity contribution in [3.8, 4) is 66.8 Å². The van der Waals surface area contributed by atoms with Crippen LogP contribution in [0.25, 0.3) is 131 Å². The number of rotatable bonds is 3. The minimum absolute atomic E-state index is 0.00810. The van der Waals surface area contributed by atoms with Crippen molar-refractivity contribution in [2.45, 2.75) is 20.8 Å². The second-order valence-corrected chi connectivity index (χ2v) is 18.3. The predicted octanol–water partition coefficient (Wildman–Crippen LogP) is 5.11. The Labute approximate surface area is 381 Å². The molecule has 0 unspecified atom stereocenters. The molecule has 12 nitrogen and oxygen atoms in total. The molecule has 0 saturated heterocycles. The van der Waals surface area contributed by atoms with E-state index < -0.39 is 65.1 Å². The first-order valence-corrected chi connectivity index (χ1v) is 21.6. The quantitative estimate of drug-likeness (QED) is 0.168. The van der Waals surface area contributed by atoms with Crippen LogP contribution in [-0.2, 0) is 0 Å². The van der Waals surface area contributed by atoms with E-state index in [9.17, 15) is 57.5 Å². The highest BCUT2D eigenvalue weighted by Gasteiger charge is 2.30. The molecule has 7 aromatic carbocycles. The van der Waals surface area contributed by atoms with E-state index in [2.05, 4.69) is 0 Å². The topological polar surface area (TPSA) is 205 Å². The highest BCUT2D eigenvalue weighted by Crippen LogP contribution is 2.43. The summed E-state index contributed by atoms with van der Waals surface area (Å²) in [7, 11) is 0. The maximum absolute atomic E-state index is 14.0. The van der Waals surface area contributed by atoms with Crippen LogP contribution in [0.4, 0.5) is 0 Å². The fourth-order valence-corrected chi connectivity index (χ4v) is 11.1. The summed E-state index contributed by atoms with van der Waals surface area (Å²) in [4.78, 5) is 166. The largest absolute Gasteiger partial charge is 0.285 e. The van der Waals surface area contributed by atoms with Crippen molar-refractivity contribution < 1.29 is 0 Å². The van der Waals surface area contributed by atoms with Gasteiger partial charge in [0.15, 0.2) is 0 Å². The molecule has 0 saturated carbocycles. The van der Waals surface area contributed by atoms with Gasteiger partial charge in [0.05, 0.1) is 0 Å². The Morgan fingerprint density at radius 2 is 0.290 bits per heavy atom. The van der Waals surface area contributed by atoms with Crippen LogP contribution < -0.4 is 65.1 Å². The van der Waals surface area contributed by atoms with Gasteiger partial charge in [-0.15, -0.1) is 0 Å². The lowest BCUT2D eigenvalue weighted by Crippen LogP contribution is -2.31. The lowest BCUT2D eigenvalue weighted by Gasteiger charge is -2.19. The first kappa shape index (κ1) is 39.9. The fourth-order valence-electron chi connectivity index (χ4n) is 11.1. The summed E-state index contributed by atoms with van der Waals surface area (Å²) in [6.45, 7) is 4.91. The van der Waals surface area contributed by atoms with E-state index in [1.807, 2.05) is 0 Å². The van der Waals surface area contributed by atoms with Gasteiger partial charge in [0.25, 0.3) is 0 Å². The molecule has 69 heavy (non-hydrogen) atoms. The molecule has 6 aliphatic rings. The van der Waals surface area contributed by atoms with Crippen LogP contribution in [0.15, 0.2) is 149 Å². The molecule has 0 radical (unpaired) electrons. The van der Waals surface area contributed by atoms with E-state index in [-0.39, 0.29) is 131 Å². The molecule has 0 N–H and O–H groups in total.